The van der Waals surface area contributed by atoms with Crippen LogP contribution < -0.4 is 0 Å². The minimum Gasteiger partial charge on any atom is -0.466 e. The summed E-state index contributed by atoms with van der Waals surface area (Å²) in [5.74, 6) is -0.304. The Hall–Kier alpha value is -1.68. The van der Waals surface area contributed by atoms with Crippen LogP contribution in [-0.4, -0.2) is 36.3 Å². The second-order valence-corrected chi connectivity index (χ2v) is 5.14. The van der Waals surface area contributed by atoms with E-state index in [1.807, 2.05) is 18.2 Å². The van der Waals surface area contributed by atoms with E-state index in [1.54, 1.807) is 6.92 Å². The monoisotopic (exact) mass is 275 g/mol. The van der Waals surface area contributed by atoms with Crippen LogP contribution in [0.1, 0.15) is 25.3 Å². The number of carbonyl (C=O) groups is 2. The molecule has 0 aromatic heterocycles. The van der Waals surface area contributed by atoms with Gasteiger partial charge in [-0.2, -0.15) is 0 Å². The molecule has 1 aliphatic heterocycles. The van der Waals surface area contributed by atoms with E-state index >= 15 is 0 Å². The van der Waals surface area contributed by atoms with Gasteiger partial charge in [-0.25, -0.2) is 0 Å². The average molecular weight is 275 g/mol. The van der Waals surface area contributed by atoms with Gasteiger partial charge in [-0.1, -0.05) is 30.3 Å². The molecule has 0 amide bonds. The van der Waals surface area contributed by atoms with Crippen LogP contribution in [0.15, 0.2) is 30.3 Å². The van der Waals surface area contributed by atoms with Gasteiger partial charge in [0.2, 0.25) is 0 Å². The Morgan fingerprint density at radius 1 is 1.35 bits per heavy atom. The zero-order chi connectivity index (χ0) is 14.4. The number of hydrogen-bond acceptors (Lipinski definition) is 4. The van der Waals surface area contributed by atoms with Gasteiger partial charge in [0, 0.05) is 32.0 Å². The van der Waals surface area contributed by atoms with E-state index in [0.29, 0.717) is 19.6 Å². The largest absolute Gasteiger partial charge is 0.466 e. The van der Waals surface area contributed by atoms with Crippen molar-refractivity contribution in [1.82, 2.24) is 4.90 Å². The van der Waals surface area contributed by atoms with Crippen molar-refractivity contribution >= 4 is 11.8 Å². The van der Waals surface area contributed by atoms with Crippen LogP contribution in [0, 0.1) is 5.92 Å². The maximum Gasteiger partial charge on any atom is 0.306 e. The number of piperidine rings is 1. The van der Waals surface area contributed by atoms with Crippen molar-refractivity contribution in [1.29, 1.82) is 0 Å². The summed E-state index contributed by atoms with van der Waals surface area (Å²) < 4.78 is 4.94. The summed E-state index contributed by atoms with van der Waals surface area (Å²) in [7, 11) is 0. The van der Waals surface area contributed by atoms with Gasteiger partial charge in [0.25, 0.3) is 0 Å². The Labute approximate surface area is 119 Å². The SMILES string of the molecule is CCOC(=O)CC1CN(Cc2ccccc2)CCC1=O. The Bertz CT molecular complexity index is 458. The van der Waals surface area contributed by atoms with Crippen molar-refractivity contribution in [3.8, 4) is 0 Å². The molecule has 2 rings (SSSR count). The molecule has 4 nitrogen and oxygen atoms in total. The summed E-state index contributed by atoms with van der Waals surface area (Å²) in [4.78, 5) is 25.7. The van der Waals surface area contributed by atoms with E-state index in [-0.39, 0.29) is 24.1 Å². The van der Waals surface area contributed by atoms with Crippen molar-refractivity contribution in [2.75, 3.05) is 19.7 Å². The molecule has 1 unspecified atom stereocenters. The van der Waals surface area contributed by atoms with E-state index < -0.39 is 0 Å². The van der Waals surface area contributed by atoms with Crippen molar-refractivity contribution < 1.29 is 14.3 Å². The number of ketones is 1. The second-order valence-electron chi connectivity index (χ2n) is 5.14. The first-order chi connectivity index (χ1) is 9.69. The predicted octanol–water partition coefficient (Wildman–Crippen LogP) is 2.03. The van der Waals surface area contributed by atoms with Gasteiger partial charge >= 0.3 is 5.97 Å². The number of Topliss-reactive ketones (excluding diaryl/α,β-unsaturated/α-hetero) is 1. The molecule has 1 aromatic carbocycles. The first kappa shape index (κ1) is 14.7. The zero-order valence-electron chi connectivity index (χ0n) is 11.9. The fourth-order valence-corrected chi connectivity index (χ4v) is 2.56. The molecule has 0 radical (unpaired) electrons. The minimum atomic E-state index is -0.271. The van der Waals surface area contributed by atoms with Crippen molar-refractivity contribution in [3.63, 3.8) is 0 Å². The molecule has 4 heteroatoms. The molecule has 1 saturated heterocycles. The van der Waals surface area contributed by atoms with Crippen LogP contribution in [0.2, 0.25) is 0 Å². The number of nitrogens with zero attached hydrogens (tertiary/aromatic N) is 1. The van der Waals surface area contributed by atoms with E-state index in [4.69, 9.17) is 4.74 Å². The van der Waals surface area contributed by atoms with Gasteiger partial charge in [0.05, 0.1) is 13.0 Å². The molecule has 0 spiro atoms. The van der Waals surface area contributed by atoms with Crippen LogP contribution >= 0.6 is 0 Å². The topological polar surface area (TPSA) is 46.6 Å². The van der Waals surface area contributed by atoms with E-state index in [1.165, 1.54) is 5.56 Å². The van der Waals surface area contributed by atoms with Crippen LogP contribution in [0.5, 0.6) is 0 Å². The Morgan fingerprint density at radius 2 is 2.10 bits per heavy atom. The Morgan fingerprint density at radius 3 is 2.80 bits per heavy atom. The molecule has 0 N–H and O–H groups in total. The number of esters is 1. The number of ether oxygens (including phenoxy) is 1. The molecule has 1 aliphatic rings. The van der Waals surface area contributed by atoms with Crippen molar-refractivity contribution in [2.45, 2.75) is 26.3 Å². The summed E-state index contributed by atoms with van der Waals surface area (Å²) in [6.07, 6.45) is 0.731. The molecule has 0 bridgehead atoms. The summed E-state index contributed by atoms with van der Waals surface area (Å²) in [6.45, 7) is 4.39. The molecular weight excluding hydrogens is 254 g/mol. The molecule has 1 atom stereocenters. The van der Waals surface area contributed by atoms with E-state index in [0.717, 1.165) is 13.1 Å². The number of rotatable bonds is 5. The predicted molar refractivity (Wildman–Crippen MR) is 76.1 cm³/mol. The second kappa shape index (κ2) is 7.20. The normalized spacial score (nSPS) is 19.9. The molecule has 108 valence electrons. The number of benzene rings is 1. The fraction of sp³-hybridized carbons (Fsp3) is 0.500. The quantitative estimate of drug-likeness (QED) is 0.771. The highest BCUT2D eigenvalue weighted by Crippen LogP contribution is 2.19. The molecular formula is C16H21NO3. The summed E-state index contributed by atoms with van der Waals surface area (Å²) in [6, 6.07) is 10.2. The zero-order valence-corrected chi connectivity index (χ0v) is 11.9. The number of hydrogen-bond donors (Lipinski definition) is 0. The van der Waals surface area contributed by atoms with Crippen molar-refractivity contribution in [3.05, 3.63) is 35.9 Å². The van der Waals surface area contributed by atoms with Crippen LogP contribution in [0.25, 0.3) is 0 Å². The molecule has 0 saturated carbocycles. The van der Waals surface area contributed by atoms with E-state index in [2.05, 4.69) is 17.0 Å². The summed E-state index contributed by atoms with van der Waals surface area (Å²) >= 11 is 0. The van der Waals surface area contributed by atoms with Gasteiger partial charge in [0.15, 0.2) is 0 Å². The summed E-state index contributed by atoms with van der Waals surface area (Å²) in [5, 5.41) is 0. The molecule has 20 heavy (non-hydrogen) atoms. The smallest absolute Gasteiger partial charge is 0.306 e. The highest BCUT2D eigenvalue weighted by molar-refractivity contribution is 5.86. The maximum absolute atomic E-state index is 11.9. The maximum atomic E-state index is 11.9. The van der Waals surface area contributed by atoms with Gasteiger partial charge in [-0.3, -0.25) is 14.5 Å². The summed E-state index contributed by atoms with van der Waals surface area (Å²) in [5.41, 5.74) is 1.23. The lowest BCUT2D eigenvalue weighted by atomic mass is 9.93. The Balaban J connectivity index is 1.90. The fourth-order valence-electron chi connectivity index (χ4n) is 2.56. The third-order valence-corrected chi connectivity index (χ3v) is 3.58. The van der Waals surface area contributed by atoms with E-state index in [9.17, 15) is 9.59 Å². The Kier molecular flexibility index (Phi) is 5.30. The number of carbonyl (C=O) groups excluding carboxylic acids is 2. The van der Waals surface area contributed by atoms with Gasteiger partial charge in [-0.15, -0.1) is 0 Å². The third-order valence-electron chi connectivity index (χ3n) is 3.58. The molecule has 0 aliphatic carbocycles. The lowest BCUT2D eigenvalue weighted by Gasteiger charge is -2.31. The lowest BCUT2D eigenvalue weighted by Crippen LogP contribution is -2.41. The highest BCUT2D eigenvalue weighted by atomic mass is 16.5. The first-order valence-electron chi connectivity index (χ1n) is 7.13. The van der Waals surface area contributed by atoms with Gasteiger partial charge < -0.3 is 4.74 Å². The lowest BCUT2D eigenvalue weighted by molar-refractivity contribution is -0.147. The average Bonchev–Trinajstić information content (AvgIpc) is 2.44. The molecule has 1 fully saturated rings. The standard InChI is InChI=1S/C16H21NO3/c1-2-20-16(19)10-14-12-17(9-8-15(14)18)11-13-6-4-3-5-7-13/h3-7,14H,2,8-12H2,1H3. The van der Waals surface area contributed by atoms with Gasteiger partial charge in [0.1, 0.15) is 5.78 Å². The van der Waals surface area contributed by atoms with Gasteiger partial charge in [-0.05, 0) is 12.5 Å². The third kappa shape index (κ3) is 4.17. The number of likely N-dealkylation sites (tertiary alicyclic amines) is 1. The van der Waals surface area contributed by atoms with Crippen LogP contribution in [-0.2, 0) is 20.9 Å². The molecule has 1 aromatic rings. The van der Waals surface area contributed by atoms with Crippen LogP contribution in [0.3, 0.4) is 0 Å². The molecule has 1 heterocycles. The van der Waals surface area contributed by atoms with Crippen LogP contribution in [0.4, 0.5) is 0 Å². The van der Waals surface area contributed by atoms with Crippen molar-refractivity contribution in [2.24, 2.45) is 5.92 Å². The first-order valence-corrected chi connectivity index (χ1v) is 7.13. The minimum absolute atomic E-state index is 0.183. The highest BCUT2D eigenvalue weighted by Gasteiger charge is 2.29.